The molecule has 3 N–H and O–H groups in total. The highest BCUT2D eigenvalue weighted by Crippen LogP contribution is 2.38. The molecule has 204 valence electrons. The van der Waals surface area contributed by atoms with Gasteiger partial charge in [-0.25, -0.2) is 9.59 Å². The lowest BCUT2D eigenvalue weighted by molar-refractivity contribution is -0.159. The number of methoxy groups -OCH3 is 5. The molecule has 2 aromatic carbocycles. The number of nitrogens with zero attached hydrogens (tertiary/aromatic N) is 2. The summed E-state index contributed by atoms with van der Waals surface area (Å²) in [6, 6.07) is 7.58. The van der Waals surface area contributed by atoms with Gasteiger partial charge in [0.2, 0.25) is 5.75 Å². The zero-order valence-corrected chi connectivity index (χ0v) is 21.6. The second-order valence-corrected chi connectivity index (χ2v) is 8.03. The van der Waals surface area contributed by atoms with Gasteiger partial charge in [0, 0.05) is 50.9 Å². The molecule has 0 unspecified atom stereocenters. The maximum atomic E-state index is 10.1. The van der Waals surface area contributed by atoms with Crippen molar-refractivity contribution in [2.45, 2.75) is 13.1 Å². The SMILES string of the molecule is COc1cc(OC)c(OC)cc1CN1CCN(Cc2cc(OC)c(O)c(OC)c2)CC1.O=C(O)C(=O)O. The molecule has 0 atom stereocenters. The molecule has 0 spiro atoms. The Kier molecular flexibility index (Phi) is 11.1. The van der Waals surface area contributed by atoms with Crippen molar-refractivity contribution < 1.29 is 48.6 Å². The third-order valence-electron chi connectivity index (χ3n) is 5.77. The second-order valence-electron chi connectivity index (χ2n) is 8.03. The molecule has 12 nitrogen and oxygen atoms in total. The molecule has 3 rings (SSSR count). The van der Waals surface area contributed by atoms with Gasteiger partial charge in [0.1, 0.15) is 5.75 Å². The minimum absolute atomic E-state index is 0.0300. The number of ether oxygens (including phenoxy) is 5. The van der Waals surface area contributed by atoms with Crippen LogP contribution >= 0.6 is 0 Å². The number of carboxylic acid groups (broad SMARTS) is 2. The molecule has 0 radical (unpaired) electrons. The lowest BCUT2D eigenvalue weighted by atomic mass is 10.1. The number of rotatable bonds is 9. The third kappa shape index (κ3) is 8.05. The first-order valence-electron chi connectivity index (χ1n) is 11.3. The molecule has 1 fully saturated rings. The highest BCUT2D eigenvalue weighted by molar-refractivity contribution is 6.27. The Morgan fingerprint density at radius 2 is 1.05 bits per heavy atom. The summed E-state index contributed by atoms with van der Waals surface area (Å²) in [5, 5.41) is 24.9. The molecule has 1 aliphatic rings. The van der Waals surface area contributed by atoms with Gasteiger partial charge < -0.3 is 39.0 Å². The zero-order chi connectivity index (χ0) is 27.5. The van der Waals surface area contributed by atoms with E-state index >= 15 is 0 Å². The number of aromatic hydroxyl groups is 1. The maximum Gasteiger partial charge on any atom is 0.414 e. The molecule has 0 aliphatic carbocycles. The number of hydrogen-bond donors (Lipinski definition) is 3. The van der Waals surface area contributed by atoms with Crippen molar-refractivity contribution >= 4 is 11.9 Å². The van der Waals surface area contributed by atoms with Crippen molar-refractivity contribution in [2.75, 3.05) is 61.7 Å². The van der Waals surface area contributed by atoms with E-state index in [1.54, 1.807) is 35.5 Å². The number of aliphatic carboxylic acids is 2. The molecule has 37 heavy (non-hydrogen) atoms. The highest BCUT2D eigenvalue weighted by Gasteiger charge is 2.21. The van der Waals surface area contributed by atoms with E-state index in [0.717, 1.165) is 56.1 Å². The Balaban J connectivity index is 0.000000717. The maximum absolute atomic E-state index is 10.1. The van der Waals surface area contributed by atoms with Crippen LogP contribution in [0.2, 0.25) is 0 Å². The summed E-state index contributed by atoms with van der Waals surface area (Å²) in [5.74, 6) is -0.613. The lowest BCUT2D eigenvalue weighted by Crippen LogP contribution is -2.45. The van der Waals surface area contributed by atoms with Crippen molar-refractivity contribution in [1.29, 1.82) is 0 Å². The van der Waals surface area contributed by atoms with E-state index in [1.807, 2.05) is 24.3 Å². The molecule has 1 saturated heterocycles. The first kappa shape index (κ1) is 29.3. The van der Waals surface area contributed by atoms with Crippen LogP contribution in [0.25, 0.3) is 0 Å². The topological polar surface area (TPSA) is 147 Å². The number of carbonyl (C=O) groups is 2. The van der Waals surface area contributed by atoms with E-state index in [9.17, 15) is 5.11 Å². The molecule has 1 aliphatic heterocycles. The Morgan fingerprint density at radius 3 is 1.46 bits per heavy atom. The standard InChI is InChI=1S/C23H32N2O6.C2H2O4/c1-27-18-13-20(29-3)19(28-2)12-17(18)15-25-8-6-24(7-9-25)14-16-10-21(30-4)23(26)22(11-16)31-5;3-1(4)2(5)6/h10-13,26H,6-9,14-15H2,1-5H3;(H,3,4)(H,5,6). The summed E-state index contributed by atoms with van der Waals surface area (Å²) in [5.41, 5.74) is 2.11. The quantitative estimate of drug-likeness (QED) is 0.413. The Hall–Kier alpha value is -3.90. The van der Waals surface area contributed by atoms with Crippen LogP contribution in [0.15, 0.2) is 24.3 Å². The smallest absolute Gasteiger partial charge is 0.414 e. The van der Waals surface area contributed by atoms with Crippen molar-refractivity contribution in [3.8, 4) is 34.5 Å². The van der Waals surface area contributed by atoms with Gasteiger partial charge in [0.25, 0.3) is 0 Å². The van der Waals surface area contributed by atoms with Gasteiger partial charge in [0.05, 0.1) is 35.5 Å². The molecule has 12 heteroatoms. The molecule has 0 aromatic heterocycles. The number of piperazine rings is 1. The van der Waals surface area contributed by atoms with Gasteiger partial charge in [-0.05, 0) is 23.8 Å². The van der Waals surface area contributed by atoms with E-state index in [2.05, 4.69) is 9.80 Å². The van der Waals surface area contributed by atoms with Crippen molar-refractivity contribution in [3.05, 3.63) is 35.4 Å². The molecule has 1 heterocycles. The molecule has 0 bridgehead atoms. The summed E-state index contributed by atoms with van der Waals surface area (Å²) in [4.78, 5) is 23.0. The Morgan fingerprint density at radius 1 is 0.649 bits per heavy atom. The van der Waals surface area contributed by atoms with Crippen molar-refractivity contribution in [3.63, 3.8) is 0 Å². The largest absolute Gasteiger partial charge is 0.502 e. The van der Waals surface area contributed by atoms with E-state index in [-0.39, 0.29) is 5.75 Å². The summed E-state index contributed by atoms with van der Waals surface area (Å²) in [6.45, 7) is 5.27. The lowest BCUT2D eigenvalue weighted by Gasteiger charge is -2.35. The van der Waals surface area contributed by atoms with E-state index in [0.29, 0.717) is 23.0 Å². The number of hydrogen-bond acceptors (Lipinski definition) is 10. The Labute approximate surface area is 215 Å². The van der Waals surface area contributed by atoms with E-state index < -0.39 is 11.9 Å². The van der Waals surface area contributed by atoms with Crippen LogP contribution in [0.5, 0.6) is 34.5 Å². The zero-order valence-electron chi connectivity index (χ0n) is 21.6. The summed E-state index contributed by atoms with van der Waals surface area (Å²) in [7, 11) is 8.01. The normalized spacial score (nSPS) is 13.6. The first-order chi connectivity index (χ1) is 17.7. The predicted octanol–water partition coefficient (Wildman–Crippen LogP) is 1.91. The number of benzene rings is 2. The van der Waals surface area contributed by atoms with Crippen molar-refractivity contribution in [1.82, 2.24) is 9.80 Å². The first-order valence-corrected chi connectivity index (χ1v) is 11.3. The third-order valence-corrected chi connectivity index (χ3v) is 5.77. The number of carboxylic acids is 2. The monoisotopic (exact) mass is 522 g/mol. The fourth-order valence-corrected chi connectivity index (χ4v) is 3.86. The van der Waals surface area contributed by atoms with Crippen LogP contribution < -0.4 is 23.7 Å². The van der Waals surface area contributed by atoms with Crippen LogP contribution in [-0.2, 0) is 22.7 Å². The van der Waals surface area contributed by atoms with Gasteiger partial charge in [-0.3, -0.25) is 9.80 Å². The Bertz CT molecular complexity index is 1030. The van der Waals surface area contributed by atoms with Crippen LogP contribution in [0.3, 0.4) is 0 Å². The van der Waals surface area contributed by atoms with Crippen molar-refractivity contribution in [2.24, 2.45) is 0 Å². The van der Waals surface area contributed by atoms with Gasteiger partial charge in [-0.2, -0.15) is 0 Å². The molecule has 0 amide bonds. The van der Waals surface area contributed by atoms with E-state index in [1.165, 1.54) is 0 Å². The average Bonchev–Trinajstić information content (AvgIpc) is 2.90. The van der Waals surface area contributed by atoms with Crippen LogP contribution in [-0.4, -0.2) is 98.8 Å². The molecule has 0 saturated carbocycles. The van der Waals surface area contributed by atoms with Gasteiger partial charge in [-0.1, -0.05) is 0 Å². The summed E-state index contributed by atoms with van der Waals surface area (Å²) >= 11 is 0. The highest BCUT2D eigenvalue weighted by atomic mass is 16.5. The fourth-order valence-electron chi connectivity index (χ4n) is 3.86. The molecular weight excluding hydrogens is 488 g/mol. The van der Waals surface area contributed by atoms with Crippen LogP contribution in [0.1, 0.15) is 11.1 Å². The minimum atomic E-state index is -1.82. The van der Waals surface area contributed by atoms with Gasteiger partial charge in [-0.15, -0.1) is 0 Å². The second kappa shape index (κ2) is 14.0. The molecule has 2 aromatic rings. The average molecular weight is 523 g/mol. The fraction of sp³-hybridized carbons (Fsp3) is 0.440. The summed E-state index contributed by atoms with van der Waals surface area (Å²) in [6.07, 6.45) is 0. The van der Waals surface area contributed by atoms with Gasteiger partial charge >= 0.3 is 11.9 Å². The van der Waals surface area contributed by atoms with Crippen LogP contribution in [0.4, 0.5) is 0 Å². The predicted molar refractivity (Wildman–Crippen MR) is 133 cm³/mol. The van der Waals surface area contributed by atoms with Gasteiger partial charge in [0.15, 0.2) is 23.0 Å². The number of phenols is 1. The van der Waals surface area contributed by atoms with Crippen LogP contribution in [0, 0.1) is 0 Å². The van der Waals surface area contributed by atoms with E-state index in [4.69, 9.17) is 43.5 Å². The summed E-state index contributed by atoms with van der Waals surface area (Å²) < 4.78 is 26.9. The minimum Gasteiger partial charge on any atom is -0.502 e. The number of phenolic OH excluding ortho intramolecular Hbond substituents is 1. The molecular formula is C25H34N2O10.